The summed E-state index contributed by atoms with van der Waals surface area (Å²) < 4.78 is 178. The molecule has 0 aromatic heterocycles. The standard InChI is InChI=1S/C34H39F9O6S2/c1-28(2,3)46-22-13-10-16-25(19-22)50(26-17-11-14-23(20-26)47-29(4,5)6,27-18-12-15-24(21-27)48-30(7,8)9)49-51(44,45)34(42,43)32(37,38)31(35,36)33(39,40)41/h10-21H,1-9H3. The molecule has 3 aromatic carbocycles. The highest BCUT2D eigenvalue weighted by atomic mass is 32.3. The third-order valence-electron chi connectivity index (χ3n) is 6.31. The molecule has 0 unspecified atom stereocenters. The van der Waals surface area contributed by atoms with Crippen molar-refractivity contribution in [2.24, 2.45) is 0 Å². The molecule has 0 aliphatic rings. The second-order valence-electron chi connectivity index (χ2n) is 14.3. The Hall–Kier alpha value is -3.31. The molecular formula is C34H39F9O6S2. The van der Waals surface area contributed by atoms with Crippen molar-refractivity contribution in [3.63, 3.8) is 0 Å². The highest BCUT2D eigenvalue weighted by Gasteiger charge is 2.86. The summed E-state index contributed by atoms with van der Waals surface area (Å²) in [6, 6.07) is 15.1. The minimum absolute atomic E-state index is 0.00256. The molecule has 0 amide bonds. The third kappa shape index (κ3) is 9.02. The van der Waals surface area contributed by atoms with Gasteiger partial charge in [0.2, 0.25) is 0 Å². The van der Waals surface area contributed by atoms with E-state index in [9.17, 15) is 39.2 Å². The first-order chi connectivity index (χ1) is 22.8. The number of ether oxygens (including phenoxy) is 3. The van der Waals surface area contributed by atoms with E-state index in [1.165, 1.54) is 54.6 Å². The molecule has 6 nitrogen and oxygen atoms in total. The van der Waals surface area contributed by atoms with Gasteiger partial charge in [-0.3, -0.25) is 0 Å². The van der Waals surface area contributed by atoms with Gasteiger partial charge in [-0.25, -0.2) is 3.63 Å². The average Bonchev–Trinajstić information content (AvgIpc) is 2.92. The Bertz CT molecular complexity index is 1660. The molecule has 0 fully saturated rings. The van der Waals surface area contributed by atoms with Crippen molar-refractivity contribution in [1.82, 2.24) is 0 Å². The first kappa shape index (κ1) is 42.1. The minimum atomic E-state index is -7.55. The number of alkyl halides is 9. The van der Waals surface area contributed by atoms with E-state index in [0.29, 0.717) is 0 Å². The van der Waals surface area contributed by atoms with Crippen molar-refractivity contribution >= 4 is 20.4 Å². The van der Waals surface area contributed by atoms with Crippen LogP contribution in [0, 0.1) is 0 Å². The van der Waals surface area contributed by atoms with Crippen LogP contribution in [0.25, 0.3) is 0 Å². The fourth-order valence-corrected chi connectivity index (χ4v) is 9.71. The van der Waals surface area contributed by atoms with Crippen LogP contribution < -0.4 is 14.2 Å². The van der Waals surface area contributed by atoms with Gasteiger partial charge in [0, 0.05) is 14.7 Å². The molecule has 17 heteroatoms. The van der Waals surface area contributed by atoms with E-state index in [-0.39, 0.29) is 31.9 Å². The lowest BCUT2D eigenvalue weighted by atomic mass is 10.1. The van der Waals surface area contributed by atoms with Crippen LogP contribution in [-0.4, -0.2) is 48.5 Å². The van der Waals surface area contributed by atoms with Crippen molar-refractivity contribution in [3.8, 4) is 17.2 Å². The number of halogens is 9. The van der Waals surface area contributed by atoms with Gasteiger partial charge in [-0.05, 0) is 127 Å². The quantitative estimate of drug-likeness (QED) is 0.181. The molecule has 0 saturated heterocycles. The second kappa shape index (κ2) is 13.6. The molecular weight excluding hydrogens is 739 g/mol. The van der Waals surface area contributed by atoms with Crippen molar-refractivity contribution in [2.75, 3.05) is 0 Å². The maximum Gasteiger partial charge on any atom is 0.460 e. The van der Waals surface area contributed by atoms with Gasteiger partial charge < -0.3 is 14.2 Å². The third-order valence-corrected chi connectivity index (χ3v) is 11.5. The summed E-state index contributed by atoms with van der Waals surface area (Å²) >= 11 is 0. The SMILES string of the molecule is CC(C)(C)Oc1cccc(S(OS(=O)(=O)C(F)(F)C(F)(F)C(F)(F)C(F)(F)F)(c2cccc(OC(C)(C)C)c2)c2cccc(OC(C)(C)C)c2)c1. The van der Waals surface area contributed by atoms with Crippen LogP contribution in [0.3, 0.4) is 0 Å². The molecule has 0 spiro atoms. The molecule has 286 valence electrons. The molecule has 0 N–H and O–H groups in total. The molecule has 0 atom stereocenters. The van der Waals surface area contributed by atoms with Gasteiger partial charge in [0.25, 0.3) is 0 Å². The monoisotopic (exact) mass is 778 g/mol. The van der Waals surface area contributed by atoms with Crippen molar-refractivity contribution < 1.29 is 65.8 Å². The molecule has 0 aliphatic carbocycles. The molecule has 0 aliphatic heterocycles. The summed E-state index contributed by atoms with van der Waals surface area (Å²) in [7, 11) is -11.9. The zero-order chi connectivity index (χ0) is 39.3. The van der Waals surface area contributed by atoms with Gasteiger partial charge >= 0.3 is 33.4 Å². The average molecular weight is 779 g/mol. The lowest BCUT2D eigenvalue weighted by molar-refractivity contribution is -0.382. The van der Waals surface area contributed by atoms with Crippen LogP contribution in [0.1, 0.15) is 62.3 Å². The summed E-state index contributed by atoms with van der Waals surface area (Å²) in [5, 5.41) is -7.16. The van der Waals surface area contributed by atoms with Crippen LogP contribution in [0.15, 0.2) is 87.5 Å². The first-order valence-electron chi connectivity index (χ1n) is 15.1. The summed E-state index contributed by atoms with van der Waals surface area (Å²) in [4.78, 5) is -0.971. The number of benzene rings is 3. The summed E-state index contributed by atoms with van der Waals surface area (Å²) in [6.45, 7) is 14.8. The van der Waals surface area contributed by atoms with Crippen LogP contribution >= 0.6 is 10.3 Å². The van der Waals surface area contributed by atoms with E-state index in [0.717, 1.165) is 18.2 Å². The zero-order valence-electron chi connectivity index (χ0n) is 29.1. The largest absolute Gasteiger partial charge is 0.488 e. The van der Waals surface area contributed by atoms with E-state index < -0.39 is 60.5 Å². The highest BCUT2D eigenvalue weighted by molar-refractivity contribution is 8.33. The van der Waals surface area contributed by atoms with Gasteiger partial charge in [0.15, 0.2) is 0 Å². The molecule has 0 bridgehead atoms. The lowest BCUT2D eigenvalue weighted by Gasteiger charge is -2.42. The van der Waals surface area contributed by atoms with Crippen LogP contribution in [0.2, 0.25) is 0 Å². The Balaban J connectivity index is 2.56. The van der Waals surface area contributed by atoms with E-state index >= 15 is 8.78 Å². The molecule has 0 saturated carbocycles. The van der Waals surface area contributed by atoms with Gasteiger partial charge in [0.1, 0.15) is 34.1 Å². The molecule has 0 radical (unpaired) electrons. The predicted octanol–water partition coefficient (Wildman–Crippen LogP) is 11.2. The Morgan fingerprint density at radius 2 is 0.765 bits per heavy atom. The minimum Gasteiger partial charge on any atom is -0.488 e. The molecule has 3 aromatic rings. The number of hydrogen-bond donors (Lipinski definition) is 0. The Morgan fingerprint density at radius 1 is 0.471 bits per heavy atom. The van der Waals surface area contributed by atoms with E-state index in [4.69, 9.17) is 17.8 Å². The number of hydrogen-bond acceptors (Lipinski definition) is 6. The summed E-state index contributed by atoms with van der Waals surface area (Å²) in [5.41, 5.74) is -2.70. The van der Waals surface area contributed by atoms with Gasteiger partial charge in [-0.15, -0.1) is 0 Å². The fraction of sp³-hybridized carbons (Fsp3) is 0.471. The van der Waals surface area contributed by atoms with Crippen LogP contribution in [0.4, 0.5) is 39.5 Å². The predicted molar refractivity (Wildman–Crippen MR) is 174 cm³/mol. The van der Waals surface area contributed by atoms with Crippen LogP contribution in [-0.2, 0) is 13.7 Å². The summed E-state index contributed by atoms with van der Waals surface area (Å²) in [6.07, 6.45) is -7.28. The van der Waals surface area contributed by atoms with Gasteiger partial charge in [-0.2, -0.15) is 47.9 Å². The first-order valence-corrected chi connectivity index (χ1v) is 18.1. The lowest BCUT2D eigenvalue weighted by Crippen LogP contribution is -2.63. The Kier molecular flexibility index (Phi) is 11.2. The topological polar surface area (TPSA) is 71.1 Å². The molecule has 0 heterocycles. The van der Waals surface area contributed by atoms with Crippen molar-refractivity contribution in [2.45, 2.75) is 117 Å². The van der Waals surface area contributed by atoms with Gasteiger partial charge in [0.05, 0.1) is 0 Å². The van der Waals surface area contributed by atoms with Crippen molar-refractivity contribution in [3.05, 3.63) is 72.8 Å². The maximum absolute atomic E-state index is 15.5. The Labute approximate surface area is 292 Å². The van der Waals surface area contributed by atoms with Gasteiger partial charge in [-0.1, -0.05) is 18.2 Å². The summed E-state index contributed by atoms with van der Waals surface area (Å²) in [5.74, 6) is -15.1. The zero-order valence-corrected chi connectivity index (χ0v) is 30.7. The fourth-order valence-electron chi connectivity index (χ4n) is 4.43. The highest BCUT2D eigenvalue weighted by Crippen LogP contribution is 2.72. The van der Waals surface area contributed by atoms with Crippen molar-refractivity contribution in [1.29, 1.82) is 0 Å². The molecule has 3 rings (SSSR count). The number of rotatable bonds is 11. The molecule has 51 heavy (non-hydrogen) atoms. The second-order valence-corrected chi connectivity index (χ2v) is 18.8. The smallest absolute Gasteiger partial charge is 0.460 e. The maximum atomic E-state index is 15.5. The van der Waals surface area contributed by atoms with E-state index in [1.807, 2.05) is 0 Å². The normalized spacial score (nSPS) is 14.6. The van der Waals surface area contributed by atoms with Crippen LogP contribution in [0.5, 0.6) is 17.2 Å². The van der Waals surface area contributed by atoms with E-state index in [1.54, 1.807) is 62.3 Å². The Morgan fingerprint density at radius 3 is 1.02 bits per heavy atom. The van der Waals surface area contributed by atoms with E-state index in [2.05, 4.69) is 0 Å².